The van der Waals surface area contributed by atoms with Gasteiger partial charge in [0.05, 0.1) is 6.42 Å². The Morgan fingerprint density at radius 3 is 2.03 bits per heavy atom. The van der Waals surface area contributed by atoms with Gasteiger partial charge in [0, 0.05) is 30.5 Å². The lowest BCUT2D eigenvalue weighted by Crippen LogP contribution is -2.42. The van der Waals surface area contributed by atoms with Crippen molar-refractivity contribution in [2.75, 3.05) is 13.1 Å². The number of nitrogens with zero attached hydrogens (tertiary/aromatic N) is 1. The van der Waals surface area contributed by atoms with Crippen LogP contribution in [0.5, 0.6) is 0 Å². The molecule has 1 saturated heterocycles. The van der Waals surface area contributed by atoms with Crippen LogP contribution >= 0.6 is 0 Å². The summed E-state index contributed by atoms with van der Waals surface area (Å²) in [5.41, 5.74) is 0.737. The quantitative estimate of drug-likeness (QED) is 0.324. The highest BCUT2D eigenvalue weighted by molar-refractivity contribution is 6.00. The molecule has 180 valence electrons. The first kappa shape index (κ1) is 27.5. The fourth-order valence-electron chi connectivity index (χ4n) is 3.82. The predicted molar refractivity (Wildman–Crippen MR) is 115 cm³/mol. The number of carbonyl (C=O) groups is 3. The summed E-state index contributed by atoms with van der Waals surface area (Å²) < 4.78 is 5.18. The van der Waals surface area contributed by atoms with Crippen molar-refractivity contribution in [2.24, 2.45) is 11.8 Å². The first-order valence-corrected chi connectivity index (χ1v) is 9.85. The summed E-state index contributed by atoms with van der Waals surface area (Å²) in [6.45, 7) is 7.08. The van der Waals surface area contributed by atoms with Gasteiger partial charge in [-0.25, -0.2) is 4.79 Å². The Labute approximate surface area is 187 Å². The number of amides is 3. The molecule has 1 heterocycles. The number of nitrogens with one attached hydrogen (secondary N) is 1. The van der Waals surface area contributed by atoms with Gasteiger partial charge < -0.3 is 30.1 Å². The zero-order valence-electron chi connectivity index (χ0n) is 18.0. The topological polar surface area (TPSA) is 157 Å². The molecule has 0 spiro atoms. The minimum absolute atomic E-state index is 0. The largest absolute Gasteiger partial charge is 0.444 e. The number of fused-ring (bicyclic) bond motifs is 1. The summed E-state index contributed by atoms with van der Waals surface area (Å²) in [6.07, 6.45) is -0.736. The Kier molecular flexibility index (Phi) is 8.55. The second-order valence-electron chi connectivity index (χ2n) is 8.94. The number of imide groups is 1. The van der Waals surface area contributed by atoms with Crippen molar-refractivity contribution in [3.8, 4) is 0 Å². The maximum absolute atomic E-state index is 11.9. The van der Waals surface area contributed by atoms with Gasteiger partial charge in [-0.2, -0.15) is 0 Å². The summed E-state index contributed by atoms with van der Waals surface area (Å²) in [6, 6.07) is 7.09. The number of hydrogen-bond donors (Lipinski definition) is 5. The van der Waals surface area contributed by atoms with Crippen LogP contribution in [0.3, 0.4) is 0 Å². The number of aryl methyl sites for hydroxylation is 1. The molecular weight excluding hydrogens is 420 g/mol. The summed E-state index contributed by atoms with van der Waals surface area (Å²) in [4.78, 5) is 34.3. The molecular formula is C22H34N2O8. The van der Waals surface area contributed by atoms with Crippen LogP contribution in [0.25, 0.3) is 0 Å². The lowest BCUT2D eigenvalue weighted by atomic mass is 9.95. The number of likely N-dealkylation sites (tertiary alicyclic amines) is 1. The highest BCUT2D eigenvalue weighted by Gasteiger charge is 2.63. The standard InChI is InChI=1S/C12H21NO6.C9H9NO2.CH4/c1-10(2,3)19-9(14)13-4-7-8(5-13)12(17,18)6-11(7,15)16;1-7-4-2-3-5-8(7)9(12)10-6-11;/h7-8,15-18H,4-6H2,1-3H3;2-6H,1H3,(H,10,11,12);1H4. The van der Waals surface area contributed by atoms with Crippen LogP contribution in [0.4, 0.5) is 4.79 Å². The number of benzene rings is 1. The molecule has 5 N–H and O–H groups in total. The van der Waals surface area contributed by atoms with Gasteiger partial charge in [0.1, 0.15) is 5.60 Å². The van der Waals surface area contributed by atoms with Crippen LogP contribution in [-0.4, -0.2) is 74.0 Å². The number of rotatable bonds is 2. The molecule has 1 aliphatic heterocycles. The van der Waals surface area contributed by atoms with Gasteiger partial charge in [0.25, 0.3) is 5.91 Å². The van der Waals surface area contributed by atoms with Crippen LogP contribution in [0.1, 0.15) is 50.5 Å². The van der Waals surface area contributed by atoms with Gasteiger partial charge in [-0.1, -0.05) is 25.6 Å². The third-order valence-electron chi connectivity index (χ3n) is 5.26. The van der Waals surface area contributed by atoms with E-state index in [0.29, 0.717) is 12.0 Å². The van der Waals surface area contributed by atoms with E-state index >= 15 is 0 Å². The molecule has 10 nitrogen and oxygen atoms in total. The Morgan fingerprint density at radius 2 is 1.59 bits per heavy atom. The highest BCUT2D eigenvalue weighted by Crippen LogP contribution is 2.48. The van der Waals surface area contributed by atoms with Gasteiger partial charge in [0.2, 0.25) is 6.41 Å². The zero-order chi connectivity index (χ0) is 23.6. The first-order chi connectivity index (χ1) is 14.2. The maximum Gasteiger partial charge on any atom is 0.410 e. The Morgan fingerprint density at radius 1 is 1.09 bits per heavy atom. The number of aliphatic hydroxyl groups is 4. The smallest absolute Gasteiger partial charge is 0.410 e. The summed E-state index contributed by atoms with van der Waals surface area (Å²) in [5, 5.41) is 41.2. The third-order valence-corrected chi connectivity index (χ3v) is 5.26. The maximum atomic E-state index is 11.9. The van der Waals surface area contributed by atoms with Crippen molar-refractivity contribution >= 4 is 18.4 Å². The SMILES string of the molecule is C.CC(C)(C)OC(=O)N1CC2C(C1)C(O)(O)CC2(O)O.Cc1ccccc1C(=O)NC=O. The normalized spacial score (nSPS) is 22.6. The minimum atomic E-state index is -2.18. The fourth-order valence-corrected chi connectivity index (χ4v) is 3.82. The molecule has 1 aliphatic carbocycles. The lowest BCUT2D eigenvalue weighted by Gasteiger charge is -2.28. The van der Waals surface area contributed by atoms with Crippen LogP contribution in [0, 0.1) is 18.8 Å². The molecule has 0 radical (unpaired) electrons. The molecule has 2 unspecified atom stereocenters. The van der Waals surface area contributed by atoms with Crippen molar-refractivity contribution in [3.05, 3.63) is 35.4 Å². The van der Waals surface area contributed by atoms with Crippen LogP contribution in [0.2, 0.25) is 0 Å². The van der Waals surface area contributed by atoms with Crippen LogP contribution in [-0.2, 0) is 9.53 Å². The molecule has 3 amide bonds. The Hall–Kier alpha value is -2.53. The van der Waals surface area contributed by atoms with Gasteiger partial charge in [0.15, 0.2) is 11.6 Å². The van der Waals surface area contributed by atoms with E-state index in [-0.39, 0.29) is 26.4 Å². The molecule has 1 aromatic carbocycles. The van der Waals surface area contributed by atoms with Crippen molar-refractivity contribution in [1.82, 2.24) is 10.2 Å². The molecule has 10 heteroatoms. The summed E-state index contributed by atoms with van der Waals surface area (Å²) in [7, 11) is 0. The van der Waals surface area contributed by atoms with Gasteiger partial charge in [-0.3, -0.25) is 14.9 Å². The predicted octanol–water partition coefficient (Wildman–Crippen LogP) is 0.752. The number of carbonyl (C=O) groups excluding carboxylic acids is 3. The molecule has 0 aromatic heterocycles. The van der Waals surface area contributed by atoms with Crippen molar-refractivity contribution in [3.63, 3.8) is 0 Å². The molecule has 2 atom stereocenters. The first-order valence-electron chi connectivity index (χ1n) is 9.85. The van der Waals surface area contributed by atoms with Crippen molar-refractivity contribution < 1.29 is 39.5 Å². The van der Waals surface area contributed by atoms with E-state index in [4.69, 9.17) is 4.74 Å². The number of hydrogen-bond acceptors (Lipinski definition) is 8. The van der Waals surface area contributed by atoms with Crippen LogP contribution in [0.15, 0.2) is 24.3 Å². The fraction of sp³-hybridized carbons (Fsp3) is 0.591. The van der Waals surface area contributed by atoms with E-state index in [9.17, 15) is 34.8 Å². The second kappa shape index (κ2) is 9.95. The average Bonchev–Trinajstić information content (AvgIpc) is 3.14. The number of ether oxygens (including phenoxy) is 1. The molecule has 1 aromatic rings. The van der Waals surface area contributed by atoms with Gasteiger partial charge >= 0.3 is 6.09 Å². The monoisotopic (exact) mass is 454 g/mol. The third kappa shape index (κ3) is 6.49. The zero-order valence-corrected chi connectivity index (χ0v) is 18.0. The minimum Gasteiger partial charge on any atom is -0.444 e. The van der Waals surface area contributed by atoms with Gasteiger partial charge in [-0.15, -0.1) is 0 Å². The molecule has 1 saturated carbocycles. The average molecular weight is 455 g/mol. The molecule has 3 rings (SSSR count). The van der Waals surface area contributed by atoms with Crippen LogP contribution < -0.4 is 5.32 Å². The van der Waals surface area contributed by atoms with E-state index in [1.807, 2.05) is 19.1 Å². The summed E-state index contributed by atoms with van der Waals surface area (Å²) in [5.74, 6) is -6.27. The molecule has 0 bridgehead atoms. The summed E-state index contributed by atoms with van der Waals surface area (Å²) >= 11 is 0. The lowest BCUT2D eigenvalue weighted by molar-refractivity contribution is -0.224. The molecule has 32 heavy (non-hydrogen) atoms. The van der Waals surface area contributed by atoms with Gasteiger partial charge in [-0.05, 0) is 39.3 Å². The Bertz CT molecular complexity index is 809. The molecule has 2 aliphatic rings. The van der Waals surface area contributed by atoms with E-state index < -0.39 is 41.5 Å². The molecule has 2 fully saturated rings. The van der Waals surface area contributed by atoms with E-state index in [1.54, 1.807) is 32.9 Å². The van der Waals surface area contributed by atoms with E-state index in [0.717, 1.165) is 5.56 Å². The van der Waals surface area contributed by atoms with E-state index in [2.05, 4.69) is 5.32 Å². The Balaban J connectivity index is 0.000000342. The van der Waals surface area contributed by atoms with Crippen molar-refractivity contribution in [1.29, 1.82) is 0 Å². The second-order valence-corrected chi connectivity index (χ2v) is 8.94. The van der Waals surface area contributed by atoms with E-state index in [1.165, 1.54) is 4.90 Å². The van der Waals surface area contributed by atoms with Crippen molar-refractivity contribution in [2.45, 2.75) is 58.7 Å². The highest BCUT2D eigenvalue weighted by atomic mass is 16.6.